The van der Waals surface area contributed by atoms with Crippen LogP contribution in [-0.4, -0.2) is 24.8 Å². The van der Waals surface area contributed by atoms with Crippen molar-refractivity contribution in [2.75, 3.05) is 13.7 Å². The second-order valence-electron chi connectivity index (χ2n) is 6.51. The van der Waals surface area contributed by atoms with Gasteiger partial charge in [0.2, 0.25) is 0 Å². The first-order valence-corrected chi connectivity index (χ1v) is 8.08. The van der Waals surface area contributed by atoms with E-state index < -0.39 is 11.4 Å². The third kappa shape index (κ3) is 4.70. The number of carboxylic acid groups (broad SMARTS) is 1. The molecule has 0 fully saturated rings. The number of hydrogen-bond donors (Lipinski definition) is 1. The van der Waals surface area contributed by atoms with Crippen LogP contribution in [0.15, 0.2) is 23.8 Å². The SMILES string of the molecule is CCCCC1=CC(CCOC)C(CC(C)C)(C(=O)O)C=C1. The zero-order valence-corrected chi connectivity index (χ0v) is 13.9. The van der Waals surface area contributed by atoms with Crippen LogP contribution < -0.4 is 0 Å². The first-order valence-electron chi connectivity index (χ1n) is 8.08. The van der Waals surface area contributed by atoms with Crippen LogP contribution in [0.3, 0.4) is 0 Å². The predicted molar refractivity (Wildman–Crippen MR) is 86.3 cm³/mol. The molecule has 2 unspecified atom stereocenters. The Hall–Kier alpha value is -1.09. The molecule has 0 saturated heterocycles. The van der Waals surface area contributed by atoms with E-state index in [1.165, 1.54) is 5.57 Å². The quantitative estimate of drug-likeness (QED) is 0.683. The van der Waals surface area contributed by atoms with Crippen molar-refractivity contribution in [3.63, 3.8) is 0 Å². The third-order valence-corrected chi connectivity index (χ3v) is 4.27. The maximum atomic E-state index is 12.0. The average molecular weight is 294 g/mol. The van der Waals surface area contributed by atoms with Crippen LogP contribution in [0.2, 0.25) is 0 Å². The lowest BCUT2D eigenvalue weighted by Gasteiger charge is -2.37. The Morgan fingerprint density at radius 1 is 1.48 bits per heavy atom. The smallest absolute Gasteiger partial charge is 0.314 e. The van der Waals surface area contributed by atoms with Crippen molar-refractivity contribution >= 4 is 5.97 Å². The summed E-state index contributed by atoms with van der Waals surface area (Å²) in [6, 6.07) is 0. The number of carboxylic acids is 1. The lowest BCUT2D eigenvalue weighted by Crippen LogP contribution is -2.39. The topological polar surface area (TPSA) is 46.5 Å². The van der Waals surface area contributed by atoms with Crippen molar-refractivity contribution < 1.29 is 14.6 Å². The van der Waals surface area contributed by atoms with Crippen LogP contribution in [0.25, 0.3) is 0 Å². The van der Waals surface area contributed by atoms with E-state index in [1.807, 2.05) is 12.2 Å². The van der Waals surface area contributed by atoms with Crippen molar-refractivity contribution in [1.29, 1.82) is 0 Å². The Bertz CT molecular complexity index is 395. The van der Waals surface area contributed by atoms with E-state index in [4.69, 9.17) is 4.74 Å². The zero-order chi connectivity index (χ0) is 15.9. The van der Waals surface area contributed by atoms with Crippen LogP contribution in [-0.2, 0) is 9.53 Å². The van der Waals surface area contributed by atoms with Gasteiger partial charge in [-0.2, -0.15) is 0 Å². The van der Waals surface area contributed by atoms with Gasteiger partial charge in [-0.3, -0.25) is 4.79 Å². The molecule has 3 nitrogen and oxygen atoms in total. The molecular formula is C18H30O3. The largest absolute Gasteiger partial charge is 0.481 e. The van der Waals surface area contributed by atoms with Crippen molar-refractivity contribution in [3.8, 4) is 0 Å². The van der Waals surface area contributed by atoms with E-state index in [0.29, 0.717) is 18.9 Å². The van der Waals surface area contributed by atoms with Gasteiger partial charge in [-0.15, -0.1) is 0 Å². The first-order chi connectivity index (χ1) is 9.96. The molecule has 2 atom stereocenters. The Balaban J connectivity index is 3.02. The average Bonchev–Trinajstić information content (AvgIpc) is 2.43. The molecule has 0 aromatic heterocycles. The number of ether oxygens (including phenoxy) is 1. The summed E-state index contributed by atoms with van der Waals surface area (Å²) in [7, 11) is 1.67. The van der Waals surface area contributed by atoms with E-state index in [0.717, 1.165) is 25.7 Å². The van der Waals surface area contributed by atoms with E-state index >= 15 is 0 Å². The number of carbonyl (C=O) groups is 1. The van der Waals surface area contributed by atoms with E-state index in [-0.39, 0.29) is 5.92 Å². The fourth-order valence-corrected chi connectivity index (χ4v) is 3.19. The Morgan fingerprint density at radius 3 is 2.71 bits per heavy atom. The van der Waals surface area contributed by atoms with Crippen LogP contribution in [0.5, 0.6) is 0 Å². The molecular weight excluding hydrogens is 264 g/mol. The molecule has 1 N–H and O–H groups in total. The third-order valence-electron chi connectivity index (χ3n) is 4.27. The van der Waals surface area contributed by atoms with Crippen molar-refractivity contribution in [3.05, 3.63) is 23.8 Å². The lowest BCUT2D eigenvalue weighted by atomic mass is 9.66. The van der Waals surface area contributed by atoms with Crippen LogP contribution >= 0.6 is 0 Å². The molecule has 0 aliphatic heterocycles. The molecule has 1 aliphatic carbocycles. The summed E-state index contributed by atoms with van der Waals surface area (Å²) in [5.74, 6) is -0.338. The molecule has 21 heavy (non-hydrogen) atoms. The minimum Gasteiger partial charge on any atom is -0.481 e. The van der Waals surface area contributed by atoms with Gasteiger partial charge >= 0.3 is 5.97 Å². The van der Waals surface area contributed by atoms with Crippen LogP contribution in [0.1, 0.15) is 52.9 Å². The van der Waals surface area contributed by atoms with Gasteiger partial charge in [-0.05, 0) is 37.5 Å². The molecule has 0 saturated carbocycles. The second kappa shape index (κ2) is 8.38. The first kappa shape index (κ1) is 18.0. The van der Waals surface area contributed by atoms with Gasteiger partial charge in [0.25, 0.3) is 0 Å². The van der Waals surface area contributed by atoms with Gasteiger partial charge < -0.3 is 9.84 Å². The van der Waals surface area contributed by atoms with Crippen LogP contribution in [0, 0.1) is 17.3 Å². The van der Waals surface area contributed by atoms with Gasteiger partial charge in [-0.1, -0.05) is 51.0 Å². The predicted octanol–water partition coefficient (Wildman–Crippen LogP) is 4.44. The Labute approximate surface area is 129 Å². The number of unbranched alkanes of at least 4 members (excludes halogenated alkanes) is 1. The van der Waals surface area contributed by atoms with Crippen molar-refractivity contribution in [2.45, 2.75) is 52.9 Å². The number of methoxy groups -OCH3 is 1. The van der Waals surface area contributed by atoms with Gasteiger partial charge in [0.1, 0.15) is 0 Å². The fourth-order valence-electron chi connectivity index (χ4n) is 3.19. The highest BCUT2D eigenvalue weighted by molar-refractivity contribution is 5.78. The number of hydrogen-bond acceptors (Lipinski definition) is 2. The van der Waals surface area contributed by atoms with E-state index in [9.17, 15) is 9.90 Å². The highest BCUT2D eigenvalue weighted by Gasteiger charge is 2.44. The maximum absolute atomic E-state index is 12.0. The molecule has 120 valence electrons. The highest BCUT2D eigenvalue weighted by atomic mass is 16.5. The molecule has 0 heterocycles. The summed E-state index contributed by atoms with van der Waals surface area (Å²) >= 11 is 0. The zero-order valence-electron chi connectivity index (χ0n) is 13.9. The number of allylic oxidation sites excluding steroid dienone is 3. The van der Waals surface area contributed by atoms with Crippen molar-refractivity contribution in [2.24, 2.45) is 17.3 Å². The highest BCUT2D eigenvalue weighted by Crippen LogP contribution is 2.43. The molecule has 1 aliphatic rings. The lowest BCUT2D eigenvalue weighted by molar-refractivity contribution is -0.149. The normalized spacial score (nSPS) is 25.2. The monoisotopic (exact) mass is 294 g/mol. The second-order valence-corrected chi connectivity index (χ2v) is 6.51. The number of rotatable bonds is 9. The summed E-state index contributed by atoms with van der Waals surface area (Å²) < 4.78 is 5.19. The summed E-state index contributed by atoms with van der Waals surface area (Å²) in [6.45, 7) is 6.95. The molecule has 0 amide bonds. The van der Waals surface area contributed by atoms with E-state index in [2.05, 4.69) is 26.8 Å². The van der Waals surface area contributed by atoms with Crippen molar-refractivity contribution in [1.82, 2.24) is 0 Å². The van der Waals surface area contributed by atoms with Crippen LogP contribution in [0.4, 0.5) is 0 Å². The number of aliphatic carboxylic acids is 1. The summed E-state index contributed by atoms with van der Waals surface area (Å²) in [5.41, 5.74) is 0.501. The summed E-state index contributed by atoms with van der Waals surface area (Å²) in [4.78, 5) is 12.0. The molecule has 3 heteroatoms. The van der Waals surface area contributed by atoms with E-state index in [1.54, 1.807) is 7.11 Å². The molecule has 1 rings (SSSR count). The van der Waals surface area contributed by atoms with Gasteiger partial charge in [-0.25, -0.2) is 0 Å². The molecule has 0 spiro atoms. The van der Waals surface area contributed by atoms with Gasteiger partial charge in [0, 0.05) is 13.7 Å². The standard InChI is InChI=1S/C18H30O3/c1-5-6-7-15-8-10-18(17(19)20,13-14(2)3)16(12-15)9-11-21-4/h8,10,12,14,16H,5-7,9,11,13H2,1-4H3,(H,19,20). The Morgan fingerprint density at radius 2 is 2.19 bits per heavy atom. The summed E-state index contributed by atoms with van der Waals surface area (Å²) in [6.07, 6.45) is 10.9. The Kier molecular flexibility index (Phi) is 7.16. The molecule has 0 bridgehead atoms. The summed E-state index contributed by atoms with van der Waals surface area (Å²) in [5, 5.41) is 9.85. The molecule has 0 aromatic rings. The minimum absolute atomic E-state index is 0.0224. The molecule has 0 radical (unpaired) electrons. The molecule has 0 aromatic carbocycles. The van der Waals surface area contributed by atoms with Gasteiger partial charge in [0.15, 0.2) is 0 Å². The minimum atomic E-state index is -0.775. The van der Waals surface area contributed by atoms with Gasteiger partial charge in [0.05, 0.1) is 5.41 Å². The fraction of sp³-hybridized carbons (Fsp3) is 0.722. The maximum Gasteiger partial charge on any atom is 0.314 e.